The average Bonchev–Trinajstić information content (AvgIpc) is 2.50. The van der Waals surface area contributed by atoms with Crippen molar-refractivity contribution in [1.82, 2.24) is 4.98 Å². The van der Waals surface area contributed by atoms with Gasteiger partial charge in [-0.2, -0.15) is 0 Å². The summed E-state index contributed by atoms with van der Waals surface area (Å²) in [7, 11) is 1.25. The minimum Gasteiger partial charge on any atom is -0.248 e. The summed E-state index contributed by atoms with van der Waals surface area (Å²) in [4.78, 5) is 4.79. The molecule has 98 valence electrons. The lowest BCUT2D eigenvalue weighted by molar-refractivity contribution is 1.46. The highest BCUT2D eigenvalue weighted by Gasteiger charge is 2.01. The lowest BCUT2D eigenvalue weighted by Gasteiger charge is -2.05. The molecule has 3 heteroatoms. The van der Waals surface area contributed by atoms with Gasteiger partial charge >= 0.3 is 0 Å². The van der Waals surface area contributed by atoms with E-state index in [1.54, 1.807) is 0 Å². The van der Waals surface area contributed by atoms with Crippen molar-refractivity contribution in [3.05, 3.63) is 78.9 Å². The van der Waals surface area contributed by atoms with E-state index in [1.807, 2.05) is 0 Å². The van der Waals surface area contributed by atoms with Crippen LogP contribution in [-0.2, 0) is 0 Å². The van der Waals surface area contributed by atoms with Crippen LogP contribution in [0.25, 0.3) is 0 Å². The number of aromatic nitrogens is 1. The molecule has 0 bridgehead atoms. The van der Waals surface area contributed by atoms with E-state index in [0.29, 0.717) is 17.2 Å². The van der Waals surface area contributed by atoms with Crippen molar-refractivity contribution in [2.45, 2.75) is 0 Å². The smallest absolute Gasteiger partial charge is 0.0652 e. The van der Waals surface area contributed by atoms with E-state index in [2.05, 4.69) is 78.9 Å². The van der Waals surface area contributed by atoms with Crippen LogP contribution < -0.4 is 21.5 Å². The molecule has 0 radical (unpaired) electrons. The Labute approximate surface area is 123 Å². The highest BCUT2D eigenvalue weighted by molar-refractivity contribution is 7.56. The number of benzene rings is 2. The molecule has 0 saturated carbocycles. The van der Waals surface area contributed by atoms with Crippen LogP contribution in [0.1, 0.15) is 0 Å². The van der Waals surface area contributed by atoms with Crippen LogP contribution in [0.2, 0.25) is 0 Å². The van der Waals surface area contributed by atoms with E-state index in [-0.39, 0.29) is 0 Å². The van der Waals surface area contributed by atoms with Gasteiger partial charge in [0.05, 0.1) is 10.9 Å². The van der Waals surface area contributed by atoms with Crippen LogP contribution in [0.5, 0.6) is 0 Å². The van der Waals surface area contributed by atoms with Gasteiger partial charge in [-0.3, -0.25) is 0 Å². The summed E-state index contributed by atoms with van der Waals surface area (Å²) in [6.07, 6.45) is 0. The predicted octanol–water partition coefficient (Wildman–Crippen LogP) is 2.34. The molecule has 0 fully saturated rings. The summed E-state index contributed by atoms with van der Waals surface area (Å²) in [5.74, 6) is 0. The van der Waals surface area contributed by atoms with Crippen molar-refractivity contribution in [2.75, 3.05) is 0 Å². The summed E-state index contributed by atoms with van der Waals surface area (Å²) in [6.45, 7) is 0. The first-order valence-electron chi connectivity index (χ1n) is 6.51. The highest BCUT2D eigenvalue weighted by atomic mass is 31.1. The van der Waals surface area contributed by atoms with Gasteiger partial charge in [0.15, 0.2) is 0 Å². The molecule has 0 N–H and O–H groups in total. The summed E-state index contributed by atoms with van der Waals surface area (Å²) >= 11 is 0. The summed E-state index contributed by atoms with van der Waals surface area (Å²) < 4.78 is 0. The molecule has 0 amide bonds. The van der Waals surface area contributed by atoms with Crippen molar-refractivity contribution in [3.8, 4) is 0 Å². The standard InChI is InChI=1S/C17H15NP2/c1-3-8-14(9-4-1)19-16-12-7-13-17(18-16)20-15-10-5-2-6-11-15/h1-13,19-20H. The number of hydrogen-bond donors (Lipinski definition) is 0. The fourth-order valence-electron chi connectivity index (χ4n) is 1.91. The van der Waals surface area contributed by atoms with Crippen LogP contribution in [0.4, 0.5) is 0 Å². The van der Waals surface area contributed by atoms with Gasteiger partial charge in [-0.05, 0) is 39.9 Å². The zero-order valence-electron chi connectivity index (χ0n) is 11.0. The van der Waals surface area contributed by atoms with Crippen LogP contribution in [0.15, 0.2) is 78.9 Å². The molecule has 0 spiro atoms. The van der Waals surface area contributed by atoms with Crippen molar-refractivity contribution in [2.24, 2.45) is 0 Å². The lowest BCUT2D eigenvalue weighted by Crippen LogP contribution is -2.16. The Morgan fingerprint density at radius 1 is 0.500 bits per heavy atom. The number of pyridine rings is 1. The second-order valence-electron chi connectivity index (χ2n) is 4.39. The Kier molecular flexibility index (Phi) is 4.53. The second-order valence-corrected chi connectivity index (χ2v) is 7.07. The fraction of sp³-hybridized carbons (Fsp3) is 0. The fourth-order valence-corrected chi connectivity index (χ4v) is 4.05. The van der Waals surface area contributed by atoms with Gasteiger partial charge < -0.3 is 0 Å². The van der Waals surface area contributed by atoms with Crippen LogP contribution >= 0.6 is 17.2 Å². The van der Waals surface area contributed by atoms with Gasteiger partial charge in [0.25, 0.3) is 0 Å². The lowest BCUT2D eigenvalue weighted by atomic mass is 10.4. The molecule has 1 nitrogen and oxygen atoms in total. The number of rotatable bonds is 4. The number of hydrogen-bond acceptors (Lipinski definition) is 1. The molecule has 2 atom stereocenters. The number of nitrogens with zero attached hydrogens (tertiary/aromatic N) is 1. The maximum atomic E-state index is 4.79. The van der Waals surface area contributed by atoms with Crippen molar-refractivity contribution in [3.63, 3.8) is 0 Å². The van der Waals surface area contributed by atoms with Gasteiger partial charge in [0.2, 0.25) is 0 Å². The molecular formula is C17H15NP2. The zero-order chi connectivity index (χ0) is 13.6. The SMILES string of the molecule is c1ccc(Pc2cccc(Pc3ccccc3)n2)cc1. The van der Waals surface area contributed by atoms with E-state index in [1.165, 1.54) is 10.6 Å². The monoisotopic (exact) mass is 295 g/mol. The molecule has 1 aromatic heterocycles. The molecule has 0 aliphatic carbocycles. The van der Waals surface area contributed by atoms with Gasteiger partial charge in [0, 0.05) is 0 Å². The maximum absolute atomic E-state index is 4.79. The van der Waals surface area contributed by atoms with Gasteiger partial charge in [-0.25, -0.2) is 4.98 Å². The Balaban J connectivity index is 1.76. The molecule has 1 heterocycles. The maximum Gasteiger partial charge on any atom is 0.0652 e. The Hall–Kier alpha value is -1.55. The summed E-state index contributed by atoms with van der Waals surface area (Å²) in [5, 5.41) is 2.67. The van der Waals surface area contributed by atoms with Gasteiger partial charge in [0.1, 0.15) is 0 Å². The topological polar surface area (TPSA) is 12.9 Å². The quantitative estimate of drug-likeness (QED) is 0.673. The molecule has 0 saturated heterocycles. The summed E-state index contributed by atoms with van der Waals surface area (Å²) in [5.41, 5.74) is 2.33. The van der Waals surface area contributed by atoms with Crippen LogP contribution in [0, 0.1) is 0 Å². The third-order valence-electron chi connectivity index (χ3n) is 2.84. The Bertz CT molecular complexity index is 612. The molecular weight excluding hydrogens is 280 g/mol. The van der Waals surface area contributed by atoms with E-state index in [0.717, 1.165) is 10.9 Å². The first kappa shape index (κ1) is 13.4. The molecule has 0 aliphatic rings. The third-order valence-corrected chi connectivity index (χ3v) is 5.15. The molecule has 0 aliphatic heterocycles. The first-order chi connectivity index (χ1) is 9.90. The minimum absolute atomic E-state index is 0.627. The minimum atomic E-state index is 0.627. The molecule has 3 rings (SSSR count). The third kappa shape index (κ3) is 3.73. The van der Waals surface area contributed by atoms with Crippen LogP contribution in [-0.4, -0.2) is 4.98 Å². The van der Waals surface area contributed by atoms with E-state index in [9.17, 15) is 0 Å². The zero-order valence-corrected chi connectivity index (χ0v) is 13.0. The Morgan fingerprint density at radius 3 is 1.40 bits per heavy atom. The first-order valence-corrected chi connectivity index (χ1v) is 8.51. The van der Waals surface area contributed by atoms with E-state index in [4.69, 9.17) is 4.98 Å². The van der Waals surface area contributed by atoms with Crippen molar-refractivity contribution in [1.29, 1.82) is 0 Å². The summed E-state index contributed by atoms with van der Waals surface area (Å²) in [6, 6.07) is 27.4. The molecule has 20 heavy (non-hydrogen) atoms. The second kappa shape index (κ2) is 6.75. The van der Waals surface area contributed by atoms with E-state index >= 15 is 0 Å². The van der Waals surface area contributed by atoms with Gasteiger partial charge in [-0.15, -0.1) is 0 Å². The average molecular weight is 295 g/mol. The van der Waals surface area contributed by atoms with Crippen molar-refractivity contribution >= 4 is 38.6 Å². The Morgan fingerprint density at radius 2 is 0.950 bits per heavy atom. The van der Waals surface area contributed by atoms with Crippen LogP contribution in [0.3, 0.4) is 0 Å². The highest BCUT2D eigenvalue weighted by Crippen LogP contribution is 2.11. The van der Waals surface area contributed by atoms with Crippen molar-refractivity contribution < 1.29 is 0 Å². The normalized spacial score (nSPS) is 11.6. The predicted molar refractivity (Wildman–Crippen MR) is 92.3 cm³/mol. The van der Waals surface area contributed by atoms with Gasteiger partial charge in [-0.1, -0.05) is 66.7 Å². The molecule has 2 unspecified atom stereocenters. The molecule has 2 aromatic carbocycles. The largest absolute Gasteiger partial charge is 0.248 e. The molecule has 3 aromatic rings. The van der Waals surface area contributed by atoms with E-state index < -0.39 is 0 Å².